The fraction of sp³-hybridized carbons (Fsp3) is 0.346. The van der Waals surface area contributed by atoms with Crippen molar-refractivity contribution < 1.29 is 31.2 Å². The summed E-state index contributed by atoms with van der Waals surface area (Å²) in [5.74, 6) is -2.62. The van der Waals surface area contributed by atoms with Crippen LogP contribution in [0, 0.1) is 11.3 Å². The monoisotopic (exact) mass is 587 g/mol. The van der Waals surface area contributed by atoms with Gasteiger partial charge in [-0.05, 0) is 41.1 Å². The van der Waals surface area contributed by atoms with Gasteiger partial charge >= 0.3 is 12.1 Å². The molecule has 41 heavy (non-hydrogen) atoms. The van der Waals surface area contributed by atoms with E-state index in [0.717, 1.165) is 11.8 Å². The molecule has 1 saturated carbocycles. The van der Waals surface area contributed by atoms with Crippen LogP contribution in [0.15, 0.2) is 60.1 Å². The third-order valence-electron chi connectivity index (χ3n) is 6.89. The van der Waals surface area contributed by atoms with Gasteiger partial charge in [-0.3, -0.25) is 4.68 Å². The van der Waals surface area contributed by atoms with Gasteiger partial charge in [0.2, 0.25) is 0 Å². The molecule has 15 heteroatoms. The van der Waals surface area contributed by atoms with Crippen LogP contribution >= 0.6 is 0 Å². The number of carbonyl (C=O) groups is 1. The Labute approximate surface area is 232 Å². The zero-order valence-corrected chi connectivity index (χ0v) is 22.3. The zero-order valence-electron chi connectivity index (χ0n) is 21.5. The van der Waals surface area contributed by atoms with Crippen LogP contribution in [0.4, 0.5) is 13.2 Å². The largest absolute Gasteiger partial charge is 0.492 e. The van der Waals surface area contributed by atoms with Gasteiger partial charge in [0.05, 0.1) is 41.4 Å². The minimum atomic E-state index is -5.38. The number of fused-ring (bicyclic) bond motifs is 1. The molecule has 11 nitrogen and oxygen atoms in total. The smallest absolute Gasteiger partial charge is 0.346 e. The number of sulfonamides is 1. The number of nitrogens with one attached hydrogen (secondary N) is 1. The van der Waals surface area contributed by atoms with Crippen molar-refractivity contribution in [1.29, 1.82) is 5.26 Å². The molecular formula is C26H24F3N7O4S. The van der Waals surface area contributed by atoms with E-state index in [9.17, 15) is 31.6 Å². The topological polar surface area (TPSA) is 147 Å². The van der Waals surface area contributed by atoms with Crippen LogP contribution in [0.1, 0.15) is 50.1 Å². The number of benzene rings is 1. The van der Waals surface area contributed by atoms with Gasteiger partial charge in [0.25, 0.3) is 10.0 Å². The number of nitrogens with zero attached hydrogens (tertiary/aromatic N) is 6. The van der Waals surface area contributed by atoms with Gasteiger partial charge in [0, 0.05) is 23.3 Å². The van der Waals surface area contributed by atoms with E-state index in [1.54, 1.807) is 24.7 Å². The molecule has 0 spiro atoms. The highest BCUT2D eigenvalue weighted by molar-refractivity contribution is 7.89. The van der Waals surface area contributed by atoms with E-state index in [1.807, 2.05) is 6.07 Å². The molecule has 1 atom stereocenters. The first-order valence-electron chi connectivity index (χ1n) is 12.7. The molecule has 0 bridgehead atoms. The number of aromatic nitrogens is 5. The quantitative estimate of drug-likeness (QED) is 0.293. The number of carbonyl (C=O) groups excluding carboxylic acids is 1. The van der Waals surface area contributed by atoms with Crippen molar-refractivity contribution in [2.24, 2.45) is 0 Å². The van der Waals surface area contributed by atoms with Crippen LogP contribution in [-0.4, -0.2) is 55.8 Å². The minimum Gasteiger partial charge on any atom is -0.346 e. The van der Waals surface area contributed by atoms with E-state index >= 15 is 0 Å². The van der Waals surface area contributed by atoms with Crippen molar-refractivity contribution in [3.63, 3.8) is 0 Å². The Balaban J connectivity index is 1.50. The fourth-order valence-corrected chi connectivity index (χ4v) is 6.43. The lowest BCUT2D eigenvalue weighted by atomic mass is 9.96. The first kappa shape index (κ1) is 28.2. The zero-order chi connectivity index (χ0) is 29.2. The van der Waals surface area contributed by atoms with Crippen molar-refractivity contribution >= 4 is 27.0 Å². The summed E-state index contributed by atoms with van der Waals surface area (Å²) >= 11 is 0. The second kappa shape index (κ2) is 11.3. The molecule has 1 aliphatic carbocycles. The van der Waals surface area contributed by atoms with E-state index in [0.29, 0.717) is 35.3 Å². The summed E-state index contributed by atoms with van der Waals surface area (Å²) in [7, 11) is -4.71. The summed E-state index contributed by atoms with van der Waals surface area (Å²) in [4.78, 5) is 27.3. The number of halogens is 3. The van der Waals surface area contributed by atoms with Gasteiger partial charge in [-0.2, -0.15) is 23.5 Å². The van der Waals surface area contributed by atoms with Gasteiger partial charge in [-0.1, -0.05) is 31.4 Å². The highest BCUT2D eigenvalue weighted by Crippen LogP contribution is 2.33. The molecule has 3 aromatic heterocycles. The van der Waals surface area contributed by atoms with Gasteiger partial charge in [-0.15, -0.1) is 0 Å². The molecule has 5 rings (SSSR count). The highest BCUT2D eigenvalue weighted by atomic mass is 32.2. The SMILES string of the molecule is N#CCC(c1cccc(S(=O)(=O)N(OC(=O)C(F)(F)F)C2CCCCC2)c1)n1cc(-c2ncnc3[nH]ccc23)cn1. The molecular weight excluding hydrogens is 563 g/mol. The molecule has 1 unspecified atom stereocenters. The lowest BCUT2D eigenvalue weighted by Crippen LogP contribution is -2.45. The summed E-state index contributed by atoms with van der Waals surface area (Å²) in [6, 6.07) is 7.66. The van der Waals surface area contributed by atoms with Crippen LogP contribution in [0.3, 0.4) is 0 Å². The highest BCUT2D eigenvalue weighted by Gasteiger charge is 2.46. The predicted octanol–water partition coefficient (Wildman–Crippen LogP) is 4.67. The number of alkyl halides is 3. The Bertz CT molecular complexity index is 1710. The van der Waals surface area contributed by atoms with Crippen LogP contribution in [0.5, 0.6) is 0 Å². The Morgan fingerprint density at radius 2 is 2.00 bits per heavy atom. The number of aromatic amines is 1. The summed E-state index contributed by atoms with van der Waals surface area (Å²) < 4.78 is 68.1. The first-order chi connectivity index (χ1) is 19.6. The summed E-state index contributed by atoms with van der Waals surface area (Å²) in [5, 5.41) is 14.7. The lowest BCUT2D eigenvalue weighted by molar-refractivity contribution is -0.228. The van der Waals surface area contributed by atoms with E-state index < -0.39 is 34.3 Å². The Kier molecular flexibility index (Phi) is 7.78. The van der Waals surface area contributed by atoms with Crippen molar-refractivity contribution in [3.8, 4) is 17.3 Å². The second-order valence-electron chi connectivity index (χ2n) is 9.55. The van der Waals surface area contributed by atoms with Gasteiger partial charge in [0.1, 0.15) is 12.0 Å². The molecule has 0 aliphatic heterocycles. The molecule has 214 valence electrons. The standard InChI is InChI=1S/C26H24F3N7O4S/c27-26(28,29)25(37)40-36(19-6-2-1-3-7-19)41(38,39)20-8-4-5-17(13-20)22(9-11-30)35-15-18(14-34-35)23-21-10-12-31-24(21)33-16-32-23/h4-5,8,10,12-16,19,22H,1-3,6-7,9H2,(H,31,32,33). The molecule has 0 radical (unpaired) electrons. The molecule has 4 aromatic rings. The van der Waals surface area contributed by atoms with Crippen molar-refractivity contribution in [3.05, 3.63) is 60.8 Å². The van der Waals surface area contributed by atoms with E-state index in [1.165, 1.54) is 29.2 Å². The molecule has 0 amide bonds. The van der Waals surface area contributed by atoms with Gasteiger partial charge < -0.3 is 9.82 Å². The Hall–Kier alpha value is -4.29. The van der Waals surface area contributed by atoms with Gasteiger partial charge in [0.15, 0.2) is 0 Å². The third kappa shape index (κ3) is 5.79. The summed E-state index contributed by atoms with van der Waals surface area (Å²) in [6.45, 7) is 0. The maximum Gasteiger partial charge on any atom is 0.492 e. The van der Waals surface area contributed by atoms with E-state index in [2.05, 4.69) is 31.0 Å². The average Bonchev–Trinajstić information content (AvgIpc) is 3.64. The minimum absolute atomic E-state index is 0.0939. The molecule has 1 aliphatic rings. The number of hydrogen-bond acceptors (Lipinski definition) is 8. The van der Waals surface area contributed by atoms with Crippen LogP contribution in [0.25, 0.3) is 22.3 Å². The van der Waals surface area contributed by atoms with Crippen molar-refractivity contribution in [1.82, 2.24) is 29.2 Å². The van der Waals surface area contributed by atoms with Crippen molar-refractivity contribution in [2.75, 3.05) is 0 Å². The number of hydroxylamine groups is 1. The van der Waals surface area contributed by atoms with E-state index in [-0.39, 0.29) is 28.6 Å². The van der Waals surface area contributed by atoms with Crippen LogP contribution < -0.4 is 0 Å². The number of H-pyrrole nitrogens is 1. The van der Waals surface area contributed by atoms with Crippen molar-refractivity contribution in [2.45, 2.75) is 61.7 Å². The Morgan fingerprint density at radius 3 is 2.73 bits per heavy atom. The predicted molar refractivity (Wildman–Crippen MR) is 138 cm³/mol. The number of hydrogen-bond donors (Lipinski definition) is 1. The van der Waals surface area contributed by atoms with Crippen LogP contribution in [0.2, 0.25) is 0 Å². The number of nitriles is 1. The molecule has 1 fully saturated rings. The van der Waals surface area contributed by atoms with Gasteiger partial charge in [-0.25, -0.2) is 23.2 Å². The first-order valence-corrected chi connectivity index (χ1v) is 14.2. The molecule has 1 N–H and O–H groups in total. The summed E-state index contributed by atoms with van der Waals surface area (Å²) in [5.41, 5.74) is 2.22. The molecule has 3 heterocycles. The third-order valence-corrected chi connectivity index (χ3v) is 8.58. The van der Waals surface area contributed by atoms with Crippen LogP contribution in [-0.2, 0) is 19.7 Å². The maximum absolute atomic E-state index is 13.6. The average molecular weight is 588 g/mol. The maximum atomic E-state index is 13.6. The van der Waals surface area contributed by atoms with E-state index in [4.69, 9.17) is 0 Å². The normalized spacial score (nSPS) is 15.6. The lowest BCUT2D eigenvalue weighted by Gasteiger charge is -2.31. The molecule has 1 aromatic carbocycles. The summed E-state index contributed by atoms with van der Waals surface area (Å²) in [6.07, 6.45) is 3.30. The fourth-order valence-electron chi connectivity index (χ4n) is 4.92. The Morgan fingerprint density at radius 1 is 1.22 bits per heavy atom. The molecule has 0 saturated heterocycles. The second-order valence-corrected chi connectivity index (χ2v) is 11.3. The number of rotatable bonds is 8.